The zero-order valence-electron chi connectivity index (χ0n) is 25.2. The third-order valence-corrected chi connectivity index (χ3v) is 12.3. The number of aromatic nitrogens is 1. The number of rotatable bonds is 9. The van der Waals surface area contributed by atoms with Crippen LogP contribution in [0.5, 0.6) is 0 Å². The average molecular weight is 662 g/mol. The highest BCUT2D eigenvalue weighted by Crippen LogP contribution is 2.45. The molecule has 46 heavy (non-hydrogen) atoms. The zero-order chi connectivity index (χ0) is 32.0. The van der Waals surface area contributed by atoms with Gasteiger partial charge in [0.2, 0.25) is 11.8 Å². The molecule has 2 unspecified atom stereocenters. The van der Waals surface area contributed by atoms with Crippen LogP contribution in [-0.2, 0) is 33.7 Å². The van der Waals surface area contributed by atoms with E-state index in [0.29, 0.717) is 23.7 Å². The summed E-state index contributed by atoms with van der Waals surface area (Å²) < 4.78 is 37.8. The standard InChI is InChI=1S/C34H35N3O7S2/c38-31(36-44-33-8-4-5-20-42-33)22-34(30-15-14-29(45-30)27-12-10-26(11-13-27)28-23-35-24-43-28)17-18-37(19-21-46(34,40)41)32(39)16-9-25-6-2-1-3-7-25/h1-3,6-7,9-16,23-24,33H,4-5,8,17-22H2,(H,36,38). The Morgan fingerprint density at radius 3 is 2.59 bits per heavy atom. The van der Waals surface area contributed by atoms with Crippen molar-refractivity contribution < 1.29 is 32.0 Å². The second-order valence-corrected chi connectivity index (χ2v) is 14.9. The van der Waals surface area contributed by atoms with Gasteiger partial charge in [-0.25, -0.2) is 23.7 Å². The number of hydrogen-bond acceptors (Lipinski definition) is 9. The minimum Gasteiger partial charge on any atom is -0.444 e. The van der Waals surface area contributed by atoms with Gasteiger partial charge in [-0.05, 0) is 48.6 Å². The van der Waals surface area contributed by atoms with Crippen molar-refractivity contribution in [2.24, 2.45) is 0 Å². The van der Waals surface area contributed by atoms with Gasteiger partial charge in [0, 0.05) is 47.5 Å². The predicted molar refractivity (Wildman–Crippen MR) is 175 cm³/mol. The van der Waals surface area contributed by atoms with E-state index < -0.39 is 26.8 Å². The normalized spacial score (nSPS) is 21.6. The van der Waals surface area contributed by atoms with Crippen LogP contribution in [-0.4, -0.2) is 61.9 Å². The Hall–Kier alpha value is -4.10. The first-order valence-electron chi connectivity index (χ1n) is 15.2. The maximum absolute atomic E-state index is 14.2. The summed E-state index contributed by atoms with van der Waals surface area (Å²) in [6, 6.07) is 20.8. The number of thiophene rings is 1. The Bertz CT molecular complexity index is 1760. The van der Waals surface area contributed by atoms with Gasteiger partial charge in [0.25, 0.3) is 0 Å². The molecule has 0 aliphatic carbocycles. The molecule has 1 N–H and O–H groups in total. The summed E-state index contributed by atoms with van der Waals surface area (Å²) >= 11 is 1.33. The van der Waals surface area contributed by atoms with Crippen molar-refractivity contribution in [2.45, 2.75) is 43.1 Å². The SMILES string of the molecule is O=C(CC1(c2ccc(-c3ccc(-c4cnco4)cc3)s2)CCN(C(=O)C=Cc2ccccc2)CCS1(=O)=O)NOC1CCCCO1. The van der Waals surface area contributed by atoms with Gasteiger partial charge in [-0.15, -0.1) is 11.3 Å². The molecule has 2 atom stereocenters. The van der Waals surface area contributed by atoms with Gasteiger partial charge in [0.05, 0.1) is 18.4 Å². The number of nitrogens with one attached hydrogen (secondary N) is 1. The van der Waals surface area contributed by atoms with Crippen molar-refractivity contribution in [1.82, 2.24) is 15.4 Å². The first-order valence-corrected chi connectivity index (χ1v) is 17.7. The molecule has 2 amide bonds. The predicted octanol–water partition coefficient (Wildman–Crippen LogP) is 5.59. The Kier molecular flexibility index (Phi) is 9.78. The summed E-state index contributed by atoms with van der Waals surface area (Å²) in [6.45, 7) is 0.729. The highest BCUT2D eigenvalue weighted by Gasteiger charge is 2.50. The number of oxazole rings is 1. The molecule has 2 fully saturated rings. The van der Waals surface area contributed by atoms with Crippen molar-refractivity contribution >= 4 is 39.1 Å². The fourth-order valence-electron chi connectivity index (χ4n) is 5.75. The summed E-state index contributed by atoms with van der Waals surface area (Å²) in [7, 11) is -3.93. The monoisotopic (exact) mass is 661 g/mol. The molecule has 0 radical (unpaired) electrons. The quantitative estimate of drug-likeness (QED) is 0.182. The lowest BCUT2D eigenvalue weighted by atomic mass is 9.97. The van der Waals surface area contributed by atoms with Crippen molar-refractivity contribution in [3.63, 3.8) is 0 Å². The molecule has 6 rings (SSSR count). The van der Waals surface area contributed by atoms with E-state index in [0.717, 1.165) is 34.4 Å². The van der Waals surface area contributed by atoms with Crippen LogP contribution in [0.1, 0.15) is 42.5 Å². The first-order chi connectivity index (χ1) is 22.3. The van der Waals surface area contributed by atoms with Crippen LogP contribution in [0.4, 0.5) is 0 Å². The van der Waals surface area contributed by atoms with Crippen molar-refractivity contribution in [3.8, 4) is 21.8 Å². The lowest BCUT2D eigenvalue weighted by molar-refractivity contribution is -0.200. The van der Waals surface area contributed by atoms with E-state index in [4.69, 9.17) is 14.0 Å². The number of benzene rings is 2. The number of carbonyl (C=O) groups excluding carboxylic acids is 2. The van der Waals surface area contributed by atoms with Crippen LogP contribution in [0.15, 0.2) is 89.8 Å². The third-order valence-electron chi connectivity index (χ3n) is 8.37. The Labute approximate surface area is 271 Å². The molecule has 4 heterocycles. The van der Waals surface area contributed by atoms with Crippen LogP contribution < -0.4 is 5.48 Å². The lowest BCUT2D eigenvalue weighted by Crippen LogP contribution is -2.43. The van der Waals surface area contributed by atoms with Crippen LogP contribution in [0.3, 0.4) is 0 Å². The number of hydroxylamine groups is 1. The van der Waals surface area contributed by atoms with E-state index in [-0.39, 0.29) is 37.6 Å². The van der Waals surface area contributed by atoms with Crippen molar-refractivity contribution in [2.75, 3.05) is 25.4 Å². The molecule has 240 valence electrons. The van der Waals surface area contributed by atoms with Gasteiger partial charge in [-0.1, -0.05) is 54.6 Å². The molecule has 0 saturated carbocycles. The van der Waals surface area contributed by atoms with Crippen LogP contribution in [0.25, 0.3) is 27.8 Å². The molecular formula is C34H35N3O7S2. The number of sulfone groups is 1. The summed E-state index contributed by atoms with van der Waals surface area (Å²) in [6.07, 6.45) is 7.80. The molecular weight excluding hydrogens is 627 g/mol. The van der Waals surface area contributed by atoms with Gasteiger partial charge in [0.1, 0.15) is 4.75 Å². The minimum atomic E-state index is -3.93. The van der Waals surface area contributed by atoms with E-state index >= 15 is 0 Å². The highest BCUT2D eigenvalue weighted by molar-refractivity contribution is 7.92. The molecule has 10 nitrogen and oxygen atoms in total. The molecule has 12 heteroatoms. The Morgan fingerprint density at radius 1 is 1.04 bits per heavy atom. The van der Waals surface area contributed by atoms with Crippen molar-refractivity contribution in [1.29, 1.82) is 0 Å². The van der Waals surface area contributed by atoms with Gasteiger partial charge in [0.15, 0.2) is 28.3 Å². The lowest BCUT2D eigenvalue weighted by Gasteiger charge is -2.31. The molecule has 0 spiro atoms. The molecule has 2 saturated heterocycles. The number of ether oxygens (including phenoxy) is 1. The van der Waals surface area contributed by atoms with E-state index in [1.165, 1.54) is 23.8 Å². The smallest absolute Gasteiger partial charge is 0.246 e. The maximum Gasteiger partial charge on any atom is 0.246 e. The molecule has 4 aromatic rings. The second kappa shape index (κ2) is 14.1. The summed E-state index contributed by atoms with van der Waals surface area (Å²) in [5.74, 6) is -0.480. The number of hydrogen-bond donors (Lipinski definition) is 1. The van der Waals surface area contributed by atoms with E-state index in [1.54, 1.807) is 23.2 Å². The summed E-state index contributed by atoms with van der Waals surface area (Å²) in [5, 5.41) is 0. The van der Waals surface area contributed by atoms with Gasteiger partial charge in [-0.2, -0.15) is 0 Å². The van der Waals surface area contributed by atoms with Crippen LogP contribution in [0.2, 0.25) is 0 Å². The first kappa shape index (κ1) is 31.9. The fourth-order valence-corrected chi connectivity index (χ4v) is 9.36. The molecule has 2 aromatic carbocycles. The van der Waals surface area contributed by atoms with E-state index in [9.17, 15) is 18.0 Å². The van der Waals surface area contributed by atoms with E-state index in [1.807, 2.05) is 60.7 Å². The summed E-state index contributed by atoms with van der Waals surface area (Å²) in [4.78, 5) is 39.0. The Balaban J connectivity index is 1.27. The third kappa shape index (κ3) is 7.15. The zero-order valence-corrected chi connectivity index (χ0v) is 26.8. The van der Waals surface area contributed by atoms with Gasteiger partial charge in [-0.3, -0.25) is 9.59 Å². The molecule has 2 aromatic heterocycles. The largest absolute Gasteiger partial charge is 0.444 e. The number of amides is 2. The van der Waals surface area contributed by atoms with Crippen LogP contribution >= 0.6 is 11.3 Å². The van der Waals surface area contributed by atoms with Gasteiger partial charge < -0.3 is 14.1 Å². The number of carbonyl (C=O) groups is 2. The molecule has 2 aliphatic rings. The van der Waals surface area contributed by atoms with Crippen LogP contribution in [0, 0.1) is 0 Å². The average Bonchev–Trinajstić information content (AvgIpc) is 3.78. The summed E-state index contributed by atoms with van der Waals surface area (Å²) in [5.41, 5.74) is 5.08. The minimum absolute atomic E-state index is 0.0252. The highest BCUT2D eigenvalue weighted by atomic mass is 32.2. The number of nitrogens with zero attached hydrogens (tertiary/aromatic N) is 2. The van der Waals surface area contributed by atoms with Gasteiger partial charge >= 0.3 is 0 Å². The van der Waals surface area contributed by atoms with E-state index in [2.05, 4.69) is 10.5 Å². The maximum atomic E-state index is 14.2. The second-order valence-electron chi connectivity index (χ2n) is 11.4. The van der Waals surface area contributed by atoms with Crippen molar-refractivity contribution in [3.05, 3.63) is 95.8 Å². The topological polar surface area (TPSA) is 128 Å². The fraction of sp³-hybridized carbons (Fsp3) is 0.324. The Morgan fingerprint density at radius 2 is 1.85 bits per heavy atom. The molecule has 2 aliphatic heterocycles. The molecule has 0 bridgehead atoms.